The maximum absolute atomic E-state index is 5.32. The average Bonchev–Trinajstić information content (AvgIpc) is 2.57. The van der Waals surface area contributed by atoms with Crippen molar-refractivity contribution < 1.29 is 0 Å². The highest BCUT2D eigenvalue weighted by Gasteiger charge is 2.20. The first-order valence-corrected chi connectivity index (χ1v) is 11.4. The van der Waals surface area contributed by atoms with Crippen LogP contribution in [0.2, 0.25) is 0 Å². The molecule has 2 aliphatic carbocycles. The van der Waals surface area contributed by atoms with E-state index < -0.39 is 0 Å². The van der Waals surface area contributed by atoms with E-state index in [4.69, 9.17) is 4.98 Å². The number of unbranched alkanes of at least 4 members (excludes halogenated alkanes) is 4. The lowest BCUT2D eigenvalue weighted by atomic mass is 9.84. The number of nitrogens with zero attached hydrogens (tertiary/aromatic N) is 1. The number of hydrogen-bond donors (Lipinski definition) is 0. The number of hydrogen-bond acceptors (Lipinski definition) is 1. The Balaban J connectivity index is 1.84. The zero-order valence-electron chi connectivity index (χ0n) is 16.7. The Kier molecular flexibility index (Phi) is 7.82. The van der Waals surface area contributed by atoms with E-state index in [1.807, 2.05) is 0 Å². The molecule has 0 radical (unpaired) electrons. The molecule has 2 aliphatic rings. The fourth-order valence-electron chi connectivity index (χ4n) is 4.93. The summed E-state index contributed by atoms with van der Waals surface area (Å²) in [4.78, 5) is 5.32. The predicted molar refractivity (Wildman–Crippen MR) is 108 cm³/mol. The van der Waals surface area contributed by atoms with E-state index in [0.29, 0.717) is 0 Å². The fraction of sp³-hybridized carbons (Fsp3) is 0.792. The molecule has 0 atom stereocenters. The van der Waals surface area contributed by atoms with E-state index in [-0.39, 0.29) is 0 Å². The summed E-state index contributed by atoms with van der Waals surface area (Å²) in [6.45, 7) is 2.31. The molecule has 0 aliphatic heterocycles. The van der Waals surface area contributed by atoms with E-state index in [9.17, 15) is 0 Å². The minimum atomic E-state index is 1.24. The number of pyridine rings is 1. The number of aromatic nitrogens is 1. The Morgan fingerprint density at radius 3 is 1.92 bits per heavy atom. The summed E-state index contributed by atoms with van der Waals surface area (Å²) in [5.41, 5.74) is 8.19. The van der Waals surface area contributed by atoms with Crippen LogP contribution in [0.4, 0.5) is 0 Å². The summed E-state index contributed by atoms with van der Waals surface area (Å²) < 4.78 is 0. The van der Waals surface area contributed by atoms with Crippen LogP contribution in [0, 0.1) is 0 Å². The van der Waals surface area contributed by atoms with Crippen LogP contribution in [0.5, 0.6) is 0 Å². The van der Waals surface area contributed by atoms with E-state index in [2.05, 4.69) is 6.92 Å². The molecule has 3 rings (SSSR count). The van der Waals surface area contributed by atoms with Gasteiger partial charge in [-0.2, -0.15) is 0 Å². The molecule has 0 bridgehead atoms. The lowest BCUT2D eigenvalue weighted by Gasteiger charge is -2.25. The second kappa shape index (κ2) is 10.3. The molecule has 140 valence electrons. The van der Waals surface area contributed by atoms with Crippen LogP contribution in [0.25, 0.3) is 0 Å². The first-order valence-electron chi connectivity index (χ1n) is 11.4. The Hall–Kier alpha value is -0.850. The van der Waals surface area contributed by atoms with Gasteiger partial charge in [0.2, 0.25) is 0 Å². The molecule has 25 heavy (non-hydrogen) atoms. The lowest BCUT2D eigenvalue weighted by Crippen LogP contribution is -2.15. The van der Waals surface area contributed by atoms with Gasteiger partial charge >= 0.3 is 0 Å². The largest absolute Gasteiger partial charge is 0.257 e. The van der Waals surface area contributed by atoms with Crippen LogP contribution in [0.15, 0.2) is 0 Å². The predicted octanol–water partition coefficient (Wildman–Crippen LogP) is 6.91. The van der Waals surface area contributed by atoms with Crippen LogP contribution in [0.3, 0.4) is 0 Å². The Morgan fingerprint density at radius 1 is 0.600 bits per heavy atom. The summed E-state index contributed by atoms with van der Waals surface area (Å²) in [5.74, 6) is 0. The normalized spacial score (nSPS) is 18.4. The molecule has 0 amide bonds. The van der Waals surface area contributed by atoms with Gasteiger partial charge in [-0.25, -0.2) is 0 Å². The molecule has 0 aromatic carbocycles. The van der Waals surface area contributed by atoms with Crippen molar-refractivity contribution in [3.05, 3.63) is 28.1 Å². The molecule has 0 fully saturated rings. The first-order chi connectivity index (χ1) is 12.4. The van der Waals surface area contributed by atoms with Gasteiger partial charge in [-0.15, -0.1) is 0 Å². The number of aryl methyl sites for hydroxylation is 2. The van der Waals surface area contributed by atoms with Crippen LogP contribution in [-0.2, 0) is 32.1 Å². The van der Waals surface area contributed by atoms with Crippen molar-refractivity contribution in [2.24, 2.45) is 0 Å². The van der Waals surface area contributed by atoms with E-state index in [0.717, 1.165) is 0 Å². The molecule has 0 unspecified atom stereocenters. The Morgan fingerprint density at radius 2 is 1.20 bits per heavy atom. The SMILES string of the molecule is CCCCCCCc1nc2c(c3c1CCCCCC3)CCCCCC2. The highest BCUT2D eigenvalue weighted by atomic mass is 14.7. The summed E-state index contributed by atoms with van der Waals surface area (Å²) in [7, 11) is 0. The first kappa shape index (κ1) is 18.9. The minimum absolute atomic E-state index is 1.24. The van der Waals surface area contributed by atoms with Crippen LogP contribution in [-0.4, -0.2) is 4.98 Å². The van der Waals surface area contributed by atoms with Crippen molar-refractivity contribution >= 4 is 0 Å². The van der Waals surface area contributed by atoms with Crippen molar-refractivity contribution in [1.82, 2.24) is 4.98 Å². The molecule has 1 nitrogen and oxygen atoms in total. The topological polar surface area (TPSA) is 12.9 Å². The highest BCUT2D eigenvalue weighted by molar-refractivity contribution is 5.42. The lowest BCUT2D eigenvalue weighted by molar-refractivity contribution is 0.573. The van der Waals surface area contributed by atoms with Crippen LogP contribution in [0.1, 0.15) is 118 Å². The van der Waals surface area contributed by atoms with Gasteiger partial charge in [-0.05, 0) is 80.9 Å². The van der Waals surface area contributed by atoms with Crippen molar-refractivity contribution in [2.45, 2.75) is 122 Å². The molecular formula is C24H39N. The zero-order chi connectivity index (χ0) is 17.3. The molecule has 0 saturated carbocycles. The summed E-state index contributed by atoms with van der Waals surface area (Å²) in [6.07, 6.45) is 24.5. The third-order valence-electron chi connectivity index (χ3n) is 6.41. The monoisotopic (exact) mass is 341 g/mol. The van der Waals surface area contributed by atoms with Crippen molar-refractivity contribution in [1.29, 1.82) is 0 Å². The van der Waals surface area contributed by atoms with E-state index in [1.54, 1.807) is 16.7 Å². The van der Waals surface area contributed by atoms with Gasteiger partial charge < -0.3 is 0 Å². The zero-order valence-corrected chi connectivity index (χ0v) is 16.7. The maximum Gasteiger partial charge on any atom is 0.0441 e. The second-order valence-corrected chi connectivity index (χ2v) is 8.43. The minimum Gasteiger partial charge on any atom is -0.257 e. The van der Waals surface area contributed by atoms with E-state index in [1.165, 1.54) is 127 Å². The highest BCUT2D eigenvalue weighted by Crippen LogP contribution is 2.31. The standard InChI is InChI=1S/C24H39N/c1-2-3-4-5-13-18-23-21-16-11-7-6-10-15-20(21)22-17-12-8-9-14-19-24(22)25-23/h2-19H2,1H3. The molecule has 1 aromatic heterocycles. The van der Waals surface area contributed by atoms with Gasteiger partial charge in [0, 0.05) is 11.4 Å². The number of fused-ring (bicyclic) bond motifs is 3. The third kappa shape index (κ3) is 5.31. The Labute approximate surface area is 156 Å². The molecule has 0 saturated heterocycles. The Bertz CT molecular complexity index is 531. The van der Waals surface area contributed by atoms with Crippen molar-refractivity contribution in [3.8, 4) is 0 Å². The van der Waals surface area contributed by atoms with Crippen LogP contribution >= 0.6 is 0 Å². The maximum atomic E-state index is 5.32. The average molecular weight is 342 g/mol. The van der Waals surface area contributed by atoms with Gasteiger partial charge in [-0.3, -0.25) is 4.98 Å². The molecular weight excluding hydrogens is 302 g/mol. The van der Waals surface area contributed by atoms with Gasteiger partial charge in [0.25, 0.3) is 0 Å². The van der Waals surface area contributed by atoms with Crippen molar-refractivity contribution in [3.63, 3.8) is 0 Å². The third-order valence-corrected chi connectivity index (χ3v) is 6.41. The fourth-order valence-corrected chi connectivity index (χ4v) is 4.93. The van der Waals surface area contributed by atoms with Gasteiger partial charge in [0.05, 0.1) is 0 Å². The van der Waals surface area contributed by atoms with E-state index >= 15 is 0 Å². The summed E-state index contributed by atoms with van der Waals surface area (Å²) in [6, 6.07) is 0. The number of rotatable bonds is 6. The second-order valence-electron chi connectivity index (χ2n) is 8.43. The smallest absolute Gasteiger partial charge is 0.0441 e. The van der Waals surface area contributed by atoms with Crippen molar-refractivity contribution in [2.75, 3.05) is 0 Å². The van der Waals surface area contributed by atoms with Gasteiger partial charge in [0.15, 0.2) is 0 Å². The van der Waals surface area contributed by atoms with Crippen LogP contribution < -0.4 is 0 Å². The molecule has 1 heterocycles. The molecule has 0 spiro atoms. The summed E-state index contributed by atoms with van der Waals surface area (Å²) >= 11 is 0. The molecule has 1 aromatic rings. The summed E-state index contributed by atoms with van der Waals surface area (Å²) in [5, 5.41) is 0. The molecule has 1 heteroatoms. The molecule has 0 N–H and O–H groups in total. The van der Waals surface area contributed by atoms with Gasteiger partial charge in [-0.1, -0.05) is 58.3 Å². The quantitative estimate of drug-likeness (QED) is 0.512. The van der Waals surface area contributed by atoms with Gasteiger partial charge in [0.1, 0.15) is 0 Å².